The summed E-state index contributed by atoms with van der Waals surface area (Å²) in [5.74, 6) is -1.00. The van der Waals surface area contributed by atoms with Crippen molar-refractivity contribution in [2.45, 2.75) is 38.6 Å². The monoisotopic (exact) mass is 332 g/mol. The minimum absolute atomic E-state index is 0.0573. The van der Waals surface area contributed by atoms with Crippen LogP contribution in [0.3, 0.4) is 0 Å². The highest BCUT2D eigenvalue weighted by molar-refractivity contribution is 5.88. The Balaban J connectivity index is 1.81. The van der Waals surface area contributed by atoms with Crippen LogP contribution in [0.4, 0.5) is 0 Å². The first-order chi connectivity index (χ1) is 11.4. The third kappa shape index (κ3) is 1.31. The maximum absolute atomic E-state index is 13.0. The number of cyclic esters (lactones) is 2. The molecule has 6 nitrogen and oxygen atoms in total. The molecule has 4 aliphatic heterocycles. The highest BCUT2D eigenvalue weighted by Crippen LogP contribution is 2.70. The second-order valence-electron chi connectivity index (χ2n) is 7.74. The van der Waals surface area contributed by atoms with Gasteiger partial charge in [0.15, 0.2) is 0 Å². The topological polar surface area (TPSA) is 82.1 Å². The van der Waals surface area contributed by atoms with E-state index in [4.69, 9.17) is 14.2 Å². The molecule has 4 bridgehead atoms. The van der Waals surface area contributed by atoms with Crippen molar-refractivity contribution in [3.63, 3.8) is 0 Å². The molecule has 128 valence electrons. The third-order valence-corrected chi connectivity index (χ3v) is 6.94. The molecule has 2 saturated heterocycles. The first-order valence-corrected chi connectivity index (χ1v) is 8.53. The van der Waals surface area contributed by atoms with Crippen LogP contribution in [0, 0.1) is 22.7 Å². The number of hydrogen-bond donors (Lipinski definition) is 1. The van der Waals surface area contributed by atoms with Crippen LogP contribution in [0.1, 0.15) is 20.3 Å². The number of aliphatic hydroxyl groups excluding tert-OH is 1. The van der Waals surface area contributed by atoms with Crippen molar-refractivity contribution < 1.29 is 28.9 Å². The highest BCUT2D eigenvalue weighted by Gasteiger charge is 2.77. The molecule has 4 heterocycles. The van der Waals surface area contributed by atoms with Gasteiger partial charge < -0.3 is 19.3 Å². The van der Waals surface area contributed by atoms with E-state index in [2.05, 4.69) is 0 Å². The summed E-state index contributed by atoms with van der Waals surface area (Å²) in [6.45, 7) is 4.24. The zero-order chi connectivity index (χ0) is 16.9. The van der Waals surface area contributed by atoms with Crippen LogP contribution in [0.2, 0.25) is 0 Å². The van der Waals surface area contributed by atoms with Crippen molar-refractivity contribution in [1.29, 1.82) is 0 Å². The van der Waals surface area contributed by atoms with E-state index in [9.17, 15) is 14.7 Å². The zero-order valence-electron chi connectivity index (χ0n) is 13.7. The molecule has 2 aliphatic carbocycles. The summed E-state index contributed by atoms with van der Waals surface area (Å²) in [6.07, 6.45) is 2.51. The van der Waals surface area contributed by atoms with E-state index >= 15 is 0 Å². The van der Waals surface area contributed by atoms with Gasteiger partial charge in [-0.3, -0.25) is 4.79 Å². The van der Waals surface area contributed by atoms with Gasteiger partial charge in [0.25, 0.3) is 0 Å². The minimum atomic E-state index is -0.879. The summed E-state index contributed by atoms with van der Waals surface area (Å²) in [4.78, 5) is 24.7. The molecule has 1 N–H and O–H groups in total. The maximum Gasteiger partial charge on any atom is 0.330 e. The van der Waals surface area contributed by atoms with E-state index in [1.807, 2.05) is 19.9 Å². The Morgan fingerprint density at radius 2 is 2.04 bits per heavy atom. The normalized spacial score (nSPS) is 51.7. The second-order valence-corrected chi connectivity index (χ2v) is 7.74. The minimum Gasteiger partial charge on any atom is -0.461 e. The number of carbonyl (C=O) groups is 2. The van der Waals surface area contributed by atoms with E-state index in [1.54, 1.807) is 0 Å². The fourth-order valence-corrected chi connectivity index (χ4v) is 5.98. The Morgan fingerprint density at radius 1 is 1.25 bits per heavy atom. The molecule has 0 aromatic carbocycles. The van der Waals surface area contributed by atoms with Crippen LogP contribution in [0.25, 0.3) is 0 Å². The number of ether oxygens (including phenoxy) is 3. The van der Waals surface area contributed by atoms with Crippen molar-refractivity contribution in [2.75, 3.05) is 13.2 Å². The smallest absolute Gasteiger partial charge is 0.330 e. The molecule has 7 unspecified atom stereocenters. The van der Waals surface area contributed by atoms with E-state index in [-0.39, 0.29) is 43.1 Å². The van der Waals surface area contributed by atoms with Crippen molar-refractivity contribution in [2.24, 2.45) is 22.7 Å². The lowest BCUT2D eigenvalue weighted by molar-refractivity contribution is -0.290. The Labute approximate surface area is 139 Å². The van der Waals surface area contributed by atoms with Gasteiger partial charge in [0.05, 0.1) is 23.7 Å². The van der Waals surface area contributed by atoms with E-state index < -0.39 is 23.0 Å². The van der Waals surface area contributed by atoms with Crippen LogP contribution >= 0.6 is 0 Å². The number of hydrogen-bond acceptors (Lipinski definition) is 6. The van der Waals surface area contributed by atoms with Crippen molar-refractivity contribution in [3.8, 4) is 0 Å². The zero-order valence-corrected chi connectivity index (χ0v) is 13.7. The maximum atomic E-state index is 13.0. The quantitative estimate of drug-likeness (QED) is 0.520. The number of fused-ring (bicyclic) bond motifs is 1. The lowest BCUT2D eigenvalue weighted by Crippen LogP contribution is -2.78. The lowest BCUT2D eigenvalue weighted by Gasteiger charge is -2.69. The number of carbonyl (C=O) groups excluding carboxylic acids is 2. The summed E-state index contributed by atoms with van der Waals surface area (Å²) in [5.41, 5.74) is 0.0916. The first kappa shape index (κ1) is 14.7. The molecule has 6 aliphatic rings. The van der Waals surface area contributed by atoms with Crippen LogP contribution in [-0.2, 0) is 23.8 Å². The average molecular weight is 332 g/mol. The molecule has 2 spiro atoms. The predicted molar refractivity (Wildman–Crippen MR) is 80.6 cm³/mol. The van der Waals surface area contributed by atoms with Crippen molar-refractivity contribution in [3.05, 3.63) is 23.3 Å². The fourth-order valence-electron chi connectivity index (χ4n) is 5.98. The Morgan fingerprint density at radius 3 is 2.83 bits per heavy atom. The van der Waals surface area contributed by atoms with Crippen LogP contribution in [0.5, 0.6) is 0 Å². The van der Waals surface area contributed by atoms with Gasteiger partial charge >= 0.3 is 11.9 Å². The third-order valence-electron chi connectivity index (χ3n) is 6.94. The second kappa shape index (κ2) is 4.29. The molecule has 0 radical (unpaired) electrons. The van der Waals surface area contributed by atoms with Gasteiger partial charge in [0, 0.05) is 12.0 Å². The number of aliphatic hydroxyl groups is 1. The lowest BCUT2D eigenvalue weighted by atomic mass is 9.40. The summed E-state index contributed by atoms with van der Waals surface area (Å²) in [6, 6.07) is 0. The first-order valence-electron chi connectivity index (χ1n) is 8.53. The standard InChI is InChI=1S/C18H20O6/c1-8-5-10-6-12(19)23-7-17(10)14(20)13-9(2)24-15(17)18(8)11(13)3-4-22-16(18)21/h3,6,8-9,13-15,20H,4-5,7H2,1-2H3. The van der Waals surface area contributed by atoms with Crippen LogP contribution in [-0.4, -0.2) is 48.6 Å². The van der Waals surface area contributed by atoms with Gasteiger partial charge in [0.2, 0.25) is 0 Å². The summed E-state index contributed by atoms with van der Waals surface area (Å²) in [5, 5.41) is 11.3. The van der Waals surface area contributed by atoms with Crippen LogP contribution < -0.4 is 0 Å². The van der Waals surface area contributed by atoms with Gasteiger partial charge in [-0.25, -0.2) is 4.79 Å². The predicted octanol–water partition coefficient (Wildman–Crippen LogP) is 0.743. The average Bonchev–Trinajstić information content (AvgIpc) is 2.53. The van der Waals surface area contributed by atoms with E-state index in [0.29, 0.717) is 6.42 Å². The molecule has 6 rings (SSSR count). The molecule has 0 aromatic rings. The molecule has 4 fully saturated rings. The van der Waals surface area contributed by atoms with Gasteiger partial charge in [-0.05, 0) is 36.5 Å². The van der Waals surface area contributed by atoms with Gasteiger partial charge in [-0.2, -0.15) is 0 Å². The van der Waals surface area contributed by atoms with Crippen LogP contribution in [0.15, 0.2) is 23.3 Å². The SMILES string of the molecule is CC1OC2C34COC(=O)C=C3CC(C)C23C(=O)OCC=C3C1C4O. The Hall–Kier alpha value is -1.66. The summed E-state index contributed by atoms with van der Waals surface area (Å²) >= 11 is 0. The largest absolute Gasteiger partial charge is 0.461 e. The number of rotatable bonds is 0. The molecule has 2 saturated carbocycles. The van der Waals surface area contributed by atoms with Crippen molar-refractivity contribution in [1.82, 2.24) is 0 Å². The molecular formula is C18H20O6. The van der Waals surface area contributed by atoms with E-state index in [1.165, 1.54) is 6.08 Å². The molecule has 6 heteroatoms. The molecule has 24 heavy (non-hydrogen) atoms. The number of esters is 2. The Kier molecular flexibility index (Phi) is 2.62. The molecule has 7 atom stereocenters. The van der Waals surface area contributed by atoms with Gasteiger partial charge in [-0.1, -0.05) is 6.92 Å². The Bertz CT molecular complexity index is 723. The van der Waals surface area contributed by atoms with Gasteiger partial charge in [0.1, 0.15) is 18.6 Å². The molecule has 0 amide bonds. The molecule has 0 aromatic heterocycles. The fraction of sp³-hybridized carbons (Fsp3) is 0.667. The molecular weight excluding hydrogens is 312 g/mol. The highest BCUT2D eigenvalue weighted by atomic mass is 16.6. The summed E-state index contributed by atoms with van der Waals surface area (Å²) in [7, 11) is 0. The van der Waals surface area contributed by atoms with Gasteiger partial charge in [-0.15, -0.1) is 0 Å². The van der Waals surface area contributed by atoms with E-state index in [0.717, 1.165) is 11.1 Å². The van der Waals surface area contributed by atoms with Crippen molar-refractivity contribution >= 4 is 11.9 Å². The summed E-state index contributed by atoms with van der Waals surface area (Å²) < 4.78 is 17.0.